The molecule has 1 aromatic heterocycles. The molecule has 1 aliphatic rings. The highest BCUT2D eigenvalue weighted by Crippen LogP contribution is 2.35. The van der Waals surface area contributed by atoms with Crippen molar-refractivity contribution < 1.29 is 27.9 Å². The van der Waals surface area contributed by atoms with Gasteiger partial charge in [0.1, 0.15) is 5.75 Å². The van der Waals surface area contributed by atoms with Crippen LogP contribution < -0.4 is 10.2 Å². The van der Waals surface area contributed by atoms with Crippen LogP contribution in [0.15, 0.2) is 78.0 Å². The number of aromatic nitrogens is 1. The molecule has 2 N–H and O–H groups in total. The molecular weight excluding hydrogens is 492 g/mol. The molecule has 2 heterocycles. The lowest BCUT2D eigenvalue weighted by atomic mass is 9.98. The quantitative estimate of drug-likeness (QED) is 0.345. The summed E-state index contributed by atoms with van der Waals surface area (Å²) in [5, 5.41) is 9.15. The van der Waals surface area contributed by atoms with Crippen molar-refractivity contribution in [2.45, 2.75) is 28.9 Å². The summed E-state index contributed by atoms with van der Waals surface area (Å²) >= 11 is 0. The van der Waals surface area contributed by atoms with Crippen molar-refractivity contribution in [1.82, 2.24) is 10.5 Å². The Morgan fingerprint density at radius 2 is 1.77 bits per heavy atom. The predicted molar refractivity (Wildman–Crippen MR) is 132 cm³/mol. The van der Waals surface area contributed by atoms with Gasteiger partial charge in [0.2, 0.25) is 0 Å². The van der Waals surface area contributed by atoms with Crippen LogP contribution in [0.1, 0.15) is 18.4 Å². The molecule has 35 heavy (non-hydrogen) atoms. The third-order valence-corrected chi connectivity index (χ3v) is 8.56. The summed E-state index contributed by atoms with van der Waals surface area (Å²) in [7, 11) is -4.06. The molecule has 1 aliphatic heterocycles. The largest absolute Gasteiger partial charge is 0.493 e. The summed E-state index contributed by atoms with van der Waals surface area (Å²) in [6, 6.07) is 18.0. The molecule has 0 radical (unpaired) electrons. The summed E-state index contributed by atoms with van der Waals surface area (Å²) in [4.78, 5) is 16.5. The number of hydroxylamine groups is 1. The Kier molecular flexibility index (Phi) is 8.85. The van der Waals surface area contributed by atoms with Gasteiger partial charge in [-0.05, 0) is 59.9 Å². The Hall–Kier alpha value is -2.98. The van der Waals surface area contributed by atoms with Crippen LogP contribution >= 0.6 is 12.4 Å². The first-order valence-electron chi connectivity index (χ1n) is 11.0. The summed E-state index contributed by atoms with van der Waals surface area (Å²) in [5.74, 6) is -0.417. The van der Waals surface area contributed by atoms with Crippen LogP contribution in [0.2, 0.25) is 0 Å². The van der Waals surface area contributed by atoms with E-state index >= 15 is 0 Å². The van der Waals surface area contributed by atoms with E-state index in [1.807, 2.05) is 36.5 Å². The molecule has 0 saturated carbocycles. The van der Waals surface area contributed by atoms with Gasteiger partial charge in [0.05, 0.1) is 11.5 Å². The van der Waals surface area contributed by atoms with Crippen molar-refractivity contribution >= 4 is 28.2 Å². The van der Waals surface area contributed by atoms with Gasteiger partial charge < -0.3 is 9.47 Å². The number of carbonyl (C=O) groups excluding carboxylic acids is 1. The number of carbonyl (C=O) groups is 1. The highest BCUT2D eigenvalue weighted by atomic mass is 35.5. The maximum atomic E-state index is 13.3. The SMILES string of the molecule is Cl.O=C(NO)C1(S(=O)(=O)c2ccc(OCCc3cccc(-c4cccnc4)c3)cc2)CCOCC1. The van der Waals surface area contributed by atoms with E-state index in [1.54, 1.807) is 18.3 Å². The van der Waals surface area contributed by atoms with Crippen LogP contribution in [0.3, 0.4) is 0 Å². The van der Waals surface area contributed by atoms with Gasteiger partial charge in [0, 0.05) is 32.0 Å². The maximum absolute atomic E-state index is 13.3. The molecule has 2 aromatic carbocycles. The molecule has 1 fully saturated rings. The van der Waals surface area contributed by atoms with Crippen LogP contribution in [0.4, 0.5) is 0 Å². The zero-order valence-corrected chi connectivity index (χ0v) is 20.6. The van der Waals surface area contributed by atoms with Crippen LogP contribution in [0.5, 0.6) is 5.75 Å². The van der Waals surface area contributed by atoms with E-state index in [1.165, 1.54) is 17.6 Å². The fourth-order valence-electron chi connectivity index (χ4n) is 4.09. The van der Waals surface area contributed by atoms with E-state index in [0.29, 0.717) is 18.8 Å². The van der Waals surface area contributed by atoms with Crippen LogP contribution in [-0.2, 0) is 25.8 Å². The fraction of sp³-hybridized carbons (Fsp3) is 0.280. The molecule has 0 bridgehead atoms. The van der Waals surface area contributed by atoms with E-state index < -0.39 is 20.5 Å². The van der Waals surface area contributed by atoms with Gasteiger partial charge in [0.25, 0.3) is 5.91 Å². The molecule has 1 amide bonds. The number of nitrogens with one attached hydrogen (secondary N) is 1. The first kappa shape index (κ1) is 26.6. The minimum absolute atomic E-state index is 0. The van der Waals surface area contributed by atoms with E-state index in [9.17, 15) is 13.2 Å². The highest BCUT2D eigenvalue weighted by Gasteiger charge is 2.52. The Labute approximate surface area is 210 Å². The van der Waals surface area contributed by atoms with Gasteiger partial charge in [-0.3, -0.25) is 15.0 Å². The molecule has 0 aliphatic carbocycles. The molecule has 3 aromatic rings. The van der Waals surface area contributed by atoms with Crippen molar-refractivity contribution in [2.75, 3.05) is 19.8 Å². The minimum atomic E-state index is -4.06. The van der Waals surface area contributed by atoms with E-state index in [0.717, 1.165) is 16.7 Å². The number of ether oxygens (including phenoxy) is 2. The minimum Gasteiger partial charge on any atom is -0.493 e. The van der Waals surface area contributed by atoms with Gasteiger partial charge in [-0.2, -0.15) is 0 Å². The second kappa shape index (κ2) is 11.6. The average Bonchev–Trinajstić information content (AvgIpc) is 2.89. The monoisotopic (exact) mass is 518 g/mol. The summed E-state index contributed by atoms with van der Waals surface area (Å²) in [6.45, 7) is 0.655. The van der Waals surface area contributed by atoms with Crippen molar-refractivity contribution in [1.29, 1.82) is 0 Å². The first-order chi connectivity index (χ1) is 16.5. The number of hydrogen-bond acceptors (Lipinski definition) is 7. The van der Waals surface area contributed by atoms with Gasteiger partial charge in [-0.15, -0.1) is 12.4 Å². The second-order valence-electron chi connectivity index (χ2n) is 8.06. The molecular formula is C25H27ClN2O6S. The third kappa shape index (κ3) is 5.65. The number of sulfone groups is 1. The molecule has 8 nitrogen and oxygen atoms in total. The lowest BCUT2D eigenvalue weighted by molar-refractivity contribution is -0.134. The topological polar surface area (TPSA) is 115 Å². The number of nitrogens with zero attached hydrogens (tertiary/aromatic N) is 1. The van der Waals surface area contributed by atoms with Crippen molar-refractivity contribution in [2.24, 2.45) is 0 Å². The van der Waals surface area contributed by atoms with Gasteiger partial charge in [-0.1, -0.05) is 30.3 Å². The second-order valence-corrected chi connectivity index (χ2v) is 10.3. The van der Waals surface area contributed by atoms with E-state index in [-0.39, 0.29) is 43.4 Å². The molecule has 1 saturated heterocycles. The zero-order valence-electron chi connectivity index (χ0n) is 18.9. The number of amides is 1. The van der Waals surface area contributed by atoms with Crippen molar-refractivity contribution in [3.05, 3.63) is 78.6 Å². The number of pyridine rings is 1. The molecule has 4 rings (SSSR count). The standard InChI is InChI=1S/C25H26N2O6S.ClH/c28-24(27-29)25(11-15-32-16-12-25)34(30,31)23-8-6-22(7-9-23)33-14-10-19-3-1-4-20(17-19)21-5-2-13-26-18-21;/h1-9,13,17-18,29H,10-12,14-16H2,(H,27,28);1H. The fourth-order valence-corrected chi connectivity index (χ4v) is 6.03. The summed E-state index contributed by atoms with van der Waals surface area (Å²) in [5.41, 5.74) is 4.75. The van der Waals surface area contributed by atoms with Crippen molar-refractivity contribution in [3.8, 4) is 16.9 Å². The van der Waals surface area contributed by atoms with Crippen LogP contribution in [0, 0.1) is 0 Å². The third-order valence-electron chi connectivity index (χ3n) is 6.05. The Bertz CT molecular complexity index is 1230. The average molecular weight is 519 g/mol. The summed E-state index contributed by atoms with van der Waals surface area (Å²) in [6.07, 6.45) is 4.17. The van der Waals surface area contributed by atoms with Crippen LogP contribution in [0.25, 0.3) is 11.1 Å². The maximum Gasteiger partial charge on any atom is 0.265 e. The lowest BCUT2D eigenvalue weighted by Gasteiger charge is -2.34. The molecule has 186 valence electrons. The molecule has 0 atom stereocenters. The number of rotatable bonds is 8. The Morgan fingerprint density at radius 3 is 2.43 bits per heavy atom. The van der Waals surface area contributed by atoms with Gasteiger partial charge >= 0.3 is 0 Å². The number of benzene rings is 2. The number of halogens is 1. The smallest absolute Gasteiger partial charge is 0.265 e. The highest BCUT2D eigenvalue weighted by molar-refractivity contribution is 7.93. The first-order valence-corrected chi connectivity index (χ1v) is 12.4. The van der Waals surface area contributed by atoms with Crippen LogP contribution in [-0.4, -0.2) is 49.1 Å². The molecule has 0 spiro atoms. The Balaban J connectivity index is 0.00000342. The van der Waals surface area contributed by atoms with Crippen molar-refractivity contribution in [3.63, 3.8) is 0 Å². The van der Waals surface area contributed by atoms with Gasteiger partial charge in [-0.25, -0.2) is 13.9 Å². The predicted octanol–water partition coefficient (Wildman–Crippen LogP) is 3.62. The Morgan fingerprint density at radius 1 is 1.06 bits per heavy atom. The summed E-state index contributed by atoms with van der Waals surface area (Å²) < 4.78 is 35.9. The van der Waals surface area contributed by atoms with E-state index in [2.05, 4.69) is 11.1 Å². The normalized spacial score (nSPS) is 15.0. The lowest BCUT2D eigenvalue weighted by Crippen LogP contribution is -2.54. The zero-order chi connectivity index (χ0) is 24.0. The molecule has 10 heteroatoms. The molecule has 0 unspecified atom stereocenters. The number of hydrogen-bond donors (Lipinski definition) is 2. The van der Waals surface area contributed by atoms with E-state index in [4.69, 9.17) is 14.7 Å². The van der Waals surface area contributed by atoms with Gasteiger partial charge in [0.15, 0.2) is 14.6 Å².